The molecule has 3 nitrogen and oxygen atoms in total. The Balaban J connectivity index is 2.57. The summed E-state index contributed by atoms with van der Waals surface area (Å²) in [7, 11) is -1.09. The molecule has 1 atom stereocenters. The van der Waals surface area contributed by atoms with Crippen LogP contribution >= 0.6 is 0 Å². The quantitative estimate of drug-likeness (QED) is 0.570. The predicted molar refractivity (Wildman–Crippen MR) is 89.5 cm³/mol. The van der Waals surface area contributed by atoms with Crippen molar-refractivity contribution in [1.29, 1.82) is 0 Å². The zero-order valence-corrected chi connectivity index (χ0v) is 14.8. The van der Waals surface area contributed by atoms with Crippen LogP contribution in [0.2, 0.25) is 13.1 Å². The summed E-state index contributed by atoms with van der Waals surface area (Å²) in [5.74, 6) is 4.00. The van der Waals surface area contributed by atoms with Crippen LogP contribution in [0.4, 0.5) is 0 Å². The highest BCUT2D eigenvalue weighted by atomic mass is 28.3. The highest BCUT2D eigenvalue weighted by Gasteiger charge is 2.27. The molecule has 1 unspecified atom stereocenters. The van der Waals surface area contributed by atoms with E-state index in [-0.39, 0.29) is 18.1 Å². The third-order valence-corrected chi connectivity index (χ3v) is 3.82. The van der Waals surface area contributed by atoms with Gasteiger partial charge in [-0.15, -0.1) is 6.42 Å². The Hall–Kier alpha value is -1.44. The van der Waals surface area contributed by atoms with Gasteiger partial charge in [0.1, 0.15) is 24.7 Å². The Morgan fingerprint density at radius 1 is 1.10 bits per heavy atom. The Bertz CT molecular complexity index is 454. The first kappa shape index (κ1) is 17.6. The fourth-order valence-corrected chi connectivity index (χ4v) is 2.89. The number of hydrogen-bond acceptors (Lipinski definition) is 3. The van der Waals surface area contributed by atoms with E-state index >= 15 is 0 Å². The Morgan fingerprint density at radius 2 is 1.62 bits per heavy atom. The second kappa shape index (κ2) is 8.11. The van der Waals surface area contributed by atoms with E-state index in [4.69, 9.17) is 20.3 Å². The monoisotopic (exact) mass is 306 g/mol. The molecule has 0 N–H and O–H groups in total. The molecular weight excluding hydrogens is 280 g/mol. The van der Waals surface area contributed by atoms with Gasteiger partial charge < -0.3 is 13.9 Å². The molecule has 0 amide bonds. The molecule has 0 heterocycles. The van der Waals surface area contributed by atoms with Gasteiger partial charge in [-0.25, -0.2) is 0 Å². The molecule has 0 aliphatic rings. The standard InChI is InChI=1S/C17H26O3Si/c1-7-12-18-14-8-10-15(11-9-14)19-13-16(17(2,3)4)20-21(5)6/h1,8-11,16,21H,12-13H2,2-6H3. The lowest BCUT2D eigenvalue weighted by Crippen LogP contribution is -2.38. The van der Waals surface area contributed by atoms with E-state index in [1.54, 1.807) is 0 Å². The first-order valence-corrected chi connectivity index (χ1v) is 10.1. The van der Waals surface area contributed by atoms with Gasteiger partial charge in [0.25, 0.3) is 0 Å². The molecule has 1 aromatic rings. The van der Waals surface area contributed by atoms with E-state index in [2.05, 4.69) is 39.8 Å². The van der Waals surface area contributed by atoms with Crippen LogP contribution in [-0.4, -0.2) is 28.4 Å². The summed E-state index contributed by atoms with van der Waals surface area (Å²) in [6.45, 7) is 11.7. The van der Waals surface area contributed by atoms with Gasteiger partial charge in [-0.3, -0.25) is 0 Å². The number of hydrogen-bond donors (Lipinski definition) is 0. The molecule has 0 radical (unpaired) electrons. The Morgan fingerprint density at radius 3 is 2.05 bits per heavy atom. The second-order valence-electron chi connectivity index (χ2n) is 6.31. The number of rotatable bonds is 7. The van der Waals surface area contributed by atoms with Crippen molar-refractivity contribution in [3.63, 3.8) is 0 Å². The highest BCUT2D eigenvalue weighted by molar-refractivity contribution is 6.48. The summed E-state index contributed by atoms with van der Waals surface area (Å²) in [6, 6.07) is 7.49. The van der Waals surface area contributed by atoms with Crippen molar-refractivity contribution >= 4 is 9.04 Å². The molecule has 1 aromatic carbocycles. The van der Waals surface area contributed by atoms with E-state index in [0.29, 0.717) is 6.61 Å². The summed E-state index contributed by atoms with van der Waals surface area (Å²) in [5, 5.41) is 0. The van der Waals surface area contributed by atoms with Gasteiger partial charge >= 0.3 is 0 Å². The smallest absolute Gasteiger partial charge is 0.171 e. The normalized spacial score (nSPS) is 12.8. The number of benzene rings is 1. The maximum Gasteiger partial charge on any atom is 0.171 e. The average Bonchev–Trinajstić information content (AvgIpc) is 2.40. The van der Waals surface area contributed by atoms with Crippen LogP contribution in [0.15, 0.2) is 24.3 Å². The Kier molecular flexibility index (Phi) is 6.80. The maximum atomic E-state index is 6.08. The SMILES string of the molecule is C#CCOc1ccc(OCC(O[SiH](C)C)C(C)(C)C)cc1. The molecule has 0 saturated carbocycles. The number of terminal acetylenes is 1. The van der Waals surface area contributed by atoms with Gasteiger partial charge in [-0.1, -0.05) is 26.7 Å². The summed E-state index contributed by atoms with van der Waals surface area (Å²) in [6.07, 6.45) is 5.26. The van der Waals surface area contributed by atoms with Crippen molar-refractivity contribution in [3.8, 4) is 23.8 Å². The van der Waals surface area contributed by atoms with Crippen molar-refractivity contribution in [1.82, 2.24) is 0 Å². The average molecular weight is 306 g/mol. The fourth-order valence-electron chi connectivity index (χ4n) is 1.75. The van der Waals surface area contributed by atoms with Crippen molar-refractivity contribution in [2.45, 2.75) is 40.0 Å². The van der Waals surface area contributed by atoms with Crippen LogP contribution in [0.25, 0.3) is 0 Å². The Labute approximate surface area is 130 Å². The first-order valence-electron chi connectivity index (χ1n) is 7.27. The van der Waals surface area contributed by atoms with Crippen molar-refractivity contribution < 1.29 is 13.9 Å². The van der Waals surface area contributed by atoms with Gasteiger partial charge in [-0.05, 0) is 42.8 Å². The molecular formula is C17H26O3Si. The van der Waals surface area contributed by atoms with E-state index < -0.39 is 9.04 Å². The minimum Gasteiger partial charge on any atom is -0.491 e. The van der Waals surface area contributed by atoms with Gasteiger partial charge in [0.15, 0.2) is 9.04 Å². The van der Waals surface area contributed by atoms with Crippen molar-refractivity contribution in [2.75, 3.05) is 13.2 Å². The first-order chi connectivity index (χ1) is 9.82. The van der Waals surface area contributed by atoms with Gasteiger partial charge in [0.2, 0.25) is 0 Å². The summed E-state index contributed by atoms with van der Waals surface area (Å²) in [4.78, 5) is 0. The largest absolute Gasteiger partial charge is 0.491 e. The molecule has 0 saturated heterocycles. The molecule has 0 bridgehead atoms. The zero-order valence-electron chi connectivity index (χ0n) is 13.7. The minimum atomic E-state index is -1.09. The summed E-state index contributed by atoms with van der Waals surface area (Å²) >= 11 is 0. The number of ether oxygens (including phenoxy) is 2. The lowest BCUT2D eigenvalue weighted by molar-refractivity contribution is 0.0412. The van der Waals surface area contributed by atoms with Crippen molar-refractivity contribution in [2.24, 2.45) is 5.41 Å². The minimum absolute atomic E-state index is 0.0626. The fraction of sp³-hybridized carbons (Fsp3) is 0.529. The highest BCUT2D eigenvalue weighted by Crippen LogP contribution is 2.25. The van der Waals surface area contributed by atoms with E-state index in [1.165, 1.54) is 0 Å². The molecule has 21 heavy (non-hydrogen) atoms. The van der Waals surface area contributed by atoms with Gasteiger partial charge in [-0.2, -0.15) is 0 Å². The van der Waals surface area contributed by atoms with E-state index in [1.807, 2.05) is 24.3 Å². The van der Waals surface area contributed by atoms with E-state index in [0.717, 1.165) is 11.5 Å². The molecule has 0 aliphatic heterocycles. The second-order valence-corrected chi connectivity index (χ2v) is 8.68. The molecule has 0 spiro atoms. The van der Waals surface area contributed by atoms with Gasteiger partial charge in [0, 0.05) is 0 Å². The van der Waals surface area contributed by atoms with E-state index in [9.17, 15) is 0 Å². The maximum absolute atomic E-state index is 6.08. The van der Waals surface area contributed by atoms with Crippen LogP contribution in [-0.2, 0) is 4.43 Å². The van der Waals surface area contributed by atoms with Crippen LogP contribution in [0, 0.1) is 17.8 Å². The van der Waals surface area contributed by atoms with Crippen LogP contribution in [0.1, 0.15) is 20.8 Å². The predicted octanol–water partition coefficient (Wildman–Crippen LogP) is 3.49. The topological polar surface area (TPSA) is 27.7 Å². The summed E-state index contributed by atoms with van der Waals surface area (Å²) in [5.41, 5.74) is 0.0626. The van der Waals surface area contributed by atoms with Crippen LogP contribution in [0.5, 0.6) is 11.5 Å². The lowest BCUT2D eigenvalue weighted by Gasteiger charge is -2.32. The third kappa shape index (κ3) is 6.70. The van der Waals surface area contributed by atoms with Gasteiger partial charge in [0.05, 0.1) is 6.10 Å². The van der Waals surface area contributed by atoms with Crippen LogP contribution in [0.3, 0.4) is 0 Å². The molecule has 0 fully saturated rings. The molecule has 116 valence electrons. The lowest BCUT2D eigenvalue weighted by atomic mass is 9.90. The zero-order chi connectivity index (χ0) is 15.9. The van der Waals surface area contributed by atoms with Crippen molar-refractivity contribution in [3.05, 3.63) is 24.3 Å². The van der Waals surface area contributed by atoms with Crippen LogP contribution < -0.4 is 9.47 Å². The third-order valence-electron chi connectivity index (χ3n) is 2.95. The molecule has 4 heteroatoms. The summed E-state index contributed by atoms with van der Waals surface area (Å²) < 4.78 is 17.3. The molecule has 1 rings (SSSR count). The molecule has 0 aliphatic carbocycles. The molecule has 0 aromatic heterocycles.